The number of ether oxygens (including phenoxy) is 2. The SMILES string of the molecule is COc1ccc(CNc2nncs2)cc1OC. The molecule has 0 spiro atoms. The van der Waals surface area contributed by atoms with Gasteiger partial charge in [-0.15, -0.1) is 10.2 Å². The topological polar surface area (TPSA) is 56.3 Å². The summed E-state index contributed by atoms with van der Waals surface area (Å²) < 4.78 is 10.4. The molecule has 0 saturated heterocycles. The Balaban J connectivity index is 2.06. The molecule has 1 heterocycles. The van der Waals surface area contributed by atoms with E-state index >= 15 is 0 Å². The summed E-state index contributed by atoms with van der Waals surface area (Å²) in [5.41, 5.74) is 2.79. The van der Waals surface area contributed by atoms with Crippen LogP contribution < -0.4 is 14.8 Å². The van der Waals surface area contributed by atoms with Gasteiger partial charge in [0.1, 0.15) is 5.51 Å². The first-order valence-electron chi connectivity index (χ1n) is 5.04. The molecular weight excluding hydrogens is 238 g/mol. The van der Waals surface area contributed by atoms with Crippen molar-refractivity contribution >= 4 is 16.5 Å². The van der Waals surface area contributed by atoms with E-state index in [2.05, 4.69) is 15.5 Å². The summed E-state index contributed by atoms with van der Waals surface area (Å²) in [6.07, 6.45) is 0. The molecule has 1 aromatic carbocycles. The fraction of sp³-hybridized carbons (Fsp3) is 0.273. The highest BCUT2D eigenvalue weighted by molar-refractivity contribution is 7.13. The van der Waals surface area contributed by atoms with E-state index in [9.17, 15) is 0 Å². The molecule has 1 N–H and O–H groups in total. The molecule has 0 bridgehead atoms. The van der Waals surface area contributed by atoms with Crippen molar-refractivity contribution in [1.82, 2.24) is 10.2 Å². The van der Waals surface area contributed by atoms with Gasteiger partial charge in [0.25, 0.3) is 0 Å². The second kappa shape index (κ2) is 5.49. The number of benzene rings is 1. The van der Waals surface area contributed by atoms with Crippen molar-refractivity contribution in [2.75, 3.05) is 19.5 Å². The zero-order valence-corrected chi connectivity index (χ0v) is 10.5. The van der Waals surface area contributed by atoms with E-state index in [0.717, 1.165) is 22.2 Å². The van der Waals surface area contributed by atoms with Crippen LogP contribution in [-0.2, 0) is 6.54 Å². The maximum absolute atomic E-state index is 5.24. The molecule has 0 atom stereocenters. The first-order chi connectivity index (χ1) is 8.33. The maximum atomic E-state index is 5.24. The third-order valence-electron chi connectivity index (χ3n) is 2.25. The fourth-order valence-electron chi connectivity index (χ4n) is 1.42. The van der Waals surface area contributed by atoms with Gasteiger partial charge in [-0.1, -0.05) is 17.4 Å². The summed E-state index contributed by atoms with van der Waals surface area (Å²) in [4.78, 5) is 0. The Kier molecular flexibility index (Phi) is 3.77. The fourth-order valence-corrected chi connectivity index (χ4v) is 1.86. The monoisotopic (exact) mass is 251 g/mol. The normalized spacial score (nSPS) is 10.0. The standard InChI is InChI=1S/C11H13N3O2S/c1-15-9-4-3-8(5-10(9)16-2)6-12-11-14-13-7-17-11/h3-5,7H,6H2,1-2H3,(H,12,14). The van der Waals surface area contributed by atoms with Crippen LogP contribution in [0.15, 0.2) is 23.7 Å². The minimum Gasteiger partial charge on any atom is -0.493 e. The number of methoxy groups -OCH3 is 2. The van der Waals surface area contributed by atoms with Crippen molar-refractivity contribution in [2.45, 2.75) is 6.54 Å². The Morgan fingerprint density at radius 1 is 1.24 bits per heavy atom. The largest absolute Gasteiger partial charge is 0.493 e. The third kappa shape index (κ3) is 2.85. The first-order valence-corrected chi connectivity index (χ1v) is 5.92. The Morgan fingerprint density at radius 3 is 2.71 bits per heavy atom. The van der Waals surface area contributed by atoms with Crippen molar-refractivity contribution in [3.8, 4) is 11.5 Å². The number of hydrogen-bond donors (Lipinski definition) is 1. The van der Waals surface area contributed by atoms with Crippen LogP contribution in [0.1, 0.15) is 5.56 Å². The smallest absolute Gasteiger partial charge is 0.205 e. The minimum absolute atomic E-state index is 0.676. The van der Waals surface area contributed by atoms with Crippen LogP contribution in [-0.4, -0.2) is 24.4 Å². The molecule has 0 aliphatic carbocycles. The highest BCUT2D eigenvalue weighted by Gasteiger charge is 2.04. The van der Waals surface area contributed by atoms with Crippen LogP contribution >= 0.6 is 11.3 Å². The Bertz CT molecular complexity index is 474. The number of anilines is 1. The van der Waals surface area contributed by atoms with Crippen LogP contribution in [0.25, 0.3) is 0 Å². The first kappa shape index (κ1) is 11.7. The van der Waals surface area contributed by atoms with Crippen LogP contribution in [0.2, 0.25) is 0 Å². The van der Waals surface area contributed by atoms with Crippen molar-refractivity contribution in [1.29, 1.82) is 0 Å². The number of hydrogen-bond acceptors (Lipinski definition) is 6. The predicted octanol–water partition coefficient (Wildman–Crippen LogP) is 2.17. The molecule has 5 nitrogen and oxygen atoms in total. The van der Waals surface area contributed by atoms with E-state index in [4.69, 9.17) is 9.47 Å². The zero-order valence-electron chi connectivity index (χ0n) is 9.64. The highest BCUT2D eigenvalue weighted by atomic mass is 32.1. The molecule has 1 aromatic heterocycles. The summed E-state index contributed by atoms with van der Waals surface area (Å²) in [5.74, 6) is 1.45. The molecular formula is C11H13N3O2S. The molecule has 90 valence electrons. The molecule has 2 aromatic rings. The van der Waals surface area contributed by atoms with E-state index in [1.54, 1.807) is 19.7 Å². The van der Waals surface area contributed by atoms with E-state index in [1.807, 2.05) is 18.2 Å². The lowest BCUT2D eigenvalue weighted by Crippen LogP contribution is -2.00. The molecule has 0 aliphatic heterocycles. The summed E-state index contributed by atoms with van der Waals surface area (Å²) in [6.45, 7) is 0.676. The molecule has 6 heteroatoms. The summed E-state index contributed by atoms with van der Waals surface area (Å²) in [7, 11) is 3.25. The van der Waals surface area contributed by atoms with Crippen molar-refractivity contribution in [3.63, 3.8) is 0 Å². The average Bonchev–Trinajstić information content (AvgIpc) is 2.89. The van der Waals surface area contributed by atoms with Crippen molar-refractivity contribution < 1.29 is 9.47 Å². The molecule has 0 unspecified atom stereocenters. The van der Waals surface area contributed by atoms with Gasteiger partial charge >= 0.3 is 0 Å². The highest BCUT2D eigenvalue weighted by Crippen LogP contribution is 2.27. The van der Waals surface area contributed by atoms with Crippen molar-refractivity contribution in [3.05, 3.63) is 29.3 Å². The van der Waals surface area contributed by atoms with Gasteiger partial charge in [0.05, 0.1) is 14.2 Å². The third-order valence-corrected chi connectivity index (χ3v) is 2.90. The molecule has 0 saturated carbocycles. The lowest BCUT2D eigenvalue weighted by molar-refractivity contribution is 0.354. The summed E-state index contributed by atoms with van der Waals surface area (Å²) in [6, 6.07) is 5.80. The van der Waals surface area contributed by atoms with Crippen LogP contribution in [0.3, 0.4) is 0 Å². The number of nitrogens with zero attached hydrogens (tertiary/aromatic N) is 2. The van der Waals surface area contributed by atoms with Crippen LogP contribution in [0.5, 0.6) is 11.5 Å². The van der Waals surface area contributed by atoms with Gasteiger partial charge in [-0.25, -0.2) is 0 Å². The van der Waals surface area contributed by atoms with Gasteiger partial charge in [0.15, 0.2) is 11.5 Å². The molecule has 17 heavy (non-hydrogen) atoms. The lowest BCUT2D eigenvalue weighted by atomic mass is 10.2. The van der Waals surface area contributed by atoms with Gasteiger partial charge in [0.2, 0.25) is 5.13 Å². The predicted molar refractivity (Wildman–Crippen MR) is 66.8 cm³/mol. The van der Waals surface area contributed by atoms with E-state index < -0.39 is 0 Å². The summed E-state index contributed by atoms with van der Waals surface area (Å²) in [5, 5.41) is 11.6. The number of aromatic nitrogens is 2. The average molecular weight is 251 g/mol. The van der Waals surface area contributed by atoms with Gasteiger partial charge in [-0.05, 0) is 17.7 Å². The second-order valence-electron chi connectivity index (χ2n) is 3.29. The Hall–Kier alpha value is -1.82. The molecule has 2 rings (SSSR count). The lowest BCUT2D eigenvalue weighted by Gasteiger charge is -2.09. The van der Waals surface area contributed by atoms with Crippen LogP contribution in [0, 0.1) is 0 Å². The minimum atomic E-state index is 0.676. The molecule has 0 aliphatic rings. The van der Waals surface area contributed by atoms with Crippen molar-refractivity contribution in [2.24, 2.45) is 0 Å². The van der Waals surface area contributed by atoms with Gasteiger partial charge in [-0.2, -0.15) is 0 Å². The molecule has 0 radical (unpaired) electrons. The number of rotatable bonds is 5. The molecule has 0 amide bonds. The maximum Gasteiger partial charge on any atom is 0.205 e. The summed E-state index contributed by atoms with van der Waals surface area (Å²) >= 11 is 1.47. The quantitative estimate of drug-likeness (QED) is 0.882. The molecule has 0 fully saturated rings. The van der Waals surface area contributed by atoms with E-state index in [-0.39, 0.29) is 0 Å². The Labute approximate surface area is 103 Å². The number of nitrogens with one attached hydrogen (secondary N) is 1. The second-order valence-corrected chi connectivity index (χ2v) is 4.12. The van der Waals surface area contributed by atoms with Gasteiger partial charge < -0.3 is 14.8 Å². The van der Waals surface area contributed by atoms with Crippen LogP contribution in [0.4, 0.5) is 5.13 Å². The van der Waals surface area contributed by atoms with E-state index in [1.165, 1.54) is 11.3 Å². The van der Waals surface area contributed by atoms with E-state index in [0.29, 0.717) is 6.54 Å². The van der Waals surface area contributed by atoms with Gasteiger partial charge in [-0.3, -0.25) is 0 Å². The Morgan fingerprint density at radius 2 is 2.06 bits per heavy atom. The van der Waals surface area contributed by atoms with Gasteiger partial charge in [0, 0.05) is 6.54 Å². The zero-order chi connectivity index (χ0) is 12.1.